The van der Waals surface area contributed by atoms with Crippen LogP contribution < -0.4 is 40.1 Å². The van der Waals surface area contributed by atoms with Gasteiger partial charge in [0.15, 0.2) is 0 Å². The Hall–Kier alpha value is -5.50. The second-order valence-corrected chi connectivity index (χ2v) is 14.3. The van der Waals surface area contributed by atoms with E-state index in [0.717, 1.165) is 11.3 Å². The van der Waals surface area contributed by atoms with Crippen LogP contribution in [0.2, 0.25) is 0 Å². The average molecular weight is 853 g/mol. The van der Waals surface area contributed by atoms with E-state index in [4.69, 9.17) is 50.0 Å². The first-order chi connectivity index (χ1) is 29.2. The first-order valence-electron chi connectivity index (χ1n) is 20.5. The molecule has 15 N–H and O–H groups in total. The van der Waals surface area contributed by atoms with E-state index in [1.54, 1.807) is 24.7 Å². The molecule has 11 nitrogen and oxygen atoms in total. The zero-order valence-corrected chi connectivity index (χ0v) is 35.9. The Balaban J connectivity index is 0.000000249. The van der Waals surface area contributed by atoms with E-state index in [1.165, 1.54) is 72.8 Å². The molecule has 2 heterocycles. The molecule has 6 aromatic rings. The number of carbonyl (C=O) groups is 1. The molecule has 0 atom stereocenters. The summed E-state index contributed by atoms with van der Waals surface area (Å²) in [5, 5.41) is 7.75. The number of carbonyl (C=O) groups excluding carboxylic acids is 1. The van der Waals surface area contributed by atoms with Crippen LogP contribution in [0.1, 0.15) is 83.6 Å². The lowest BCUT2D eigenvalue weighted by molar-refractivity contribution is 0.0535. The van der Waals surface area contributed by atoms with Gasteiger partial charge >= 0.3 is 5.97 Å². The highest BCUT2D eigenvalue weighted by Gasteiger charge is 2.24. The second-order valence-electron chi connectivity index (χ2n) is 14.3. The summed E-state index contributed by atoms with van der Waals surface area (Å²) in [7, 11) is 0. The van der Waals surface area contributed by atoms with Crippen molar-refractivity contribution in [2.24, 2.45) is 28.7 Å². The molecule has 1 aliphatic heterocycles. The molecule has 0 radical (unpaired) electrons. The van der Waals surface area contributed by atoms with Crippen LogP contribution in [0.3, 0.4) is 0 Å². The molecule has 10 rings (SSSR count). The number of ether oxygens (including phenoxy) is 1. The van der Waals surface area contributed by atoms with Crippen LogP contribution in [0.15, 0.2) is 156 Å². The summed E-state index contributed by atoms with van der Waals surface area (Å²) in [4.78, 5) is 10.9. The van der Waals surface area contributed by atoms with Crippen molar-refractivity contribution < 1.29 is 19.1 Å². The molecule has 0 unspecified atom stereocenters. The molecule has 61 heavy (non-hydrogen) atoms. The summed E-state index contributed by atoms with van der Waals surface area (Å²) >= 11 is 0. The number of aliphatic hydroxyl groups excluding tert-OH is 1. The van der Waals surface area contributed by atoms with Gasteiger partial charge in [0.2, 0.25) is 0 Å². The summed E-state index contributed by atoms with van der Waals surface area (Å²) in [6.45, 7) is 1.50. The minimum Gasteiger partial charge on any atom is -0.473 e. The van der Waals surface area contributed by atoms with Crippen LogP contribution in [-0.2, 0) is 17.9 Å². The normalized spacial score (nSPS) is 13.7. The fourth-order valence-electron chi connectivity index (χ4n) is 5.85. The predicted molar refractivity (Wildman–Crippen MR) is 253 cm³/mol. The van der Waals surface area contributed by atoms with Crippen molar-refractivity contribution in [1.29, 1.82) is 0 Å². The van der Waals surface area contributed by atoms with E-state index in [-0.39, 0.29) is 31.0 Å². The number of halogens is 1. The number of nitrogens with two attached hydrogens (primary N) is 7. The van der Waals surface area contributed by atoms with Crippen molar-refractivity contribution in [3.8, 4) is 11.1 Å². The van der Waals surface area contributed by atoms with Crippen LogP contribution in [0.25, 0.3) is 11.1 Å². The third-order valence-electron chi connectivity index (χ3n) is 9.30. The van der Waals surface area contributed by atoms with Crippen molar-refractivity contribution >= 4 is 29.8 Å². The Bertz CT molecular complexity index is 1950. The maximum Gasteiger partial charge on any atom is 0.338 e. The first-order valence-corrected chi connectivity index (χ1v) is 20.5. The Morgan fingerprint density at radius 1 is 0.574 bits per heavy atom. The Kier molecular flexibility index (Phi) is 25.8. The number of fused-ring (bicyclic) bond motifs is 4. The number of para-hydroxylation sites is 1. The molecule has 0 spiro atoms. The van der Waals surface area contributed by atoms with Gasteiger partial charge in [0.25, 0.3) is 0 Å². The zero-order valence-electron chi connectivity index (χ0n) is 35.1. The summed E-state index contributed by atoms with van der Waals surface area (Å²) in [5.41, 5.74) is 47.2. The number of nitrogen functional groups attached to an aromatic ring is 2. The highest BCUT2D eigenvalue weighted by Crippen LogP contribution is 2.41. The standard InChI is InChI=1S/C13H11N.C8H7NO2.C7H9N.C6H13N.C6H7N.C4H4O.C3H7N.C2H7NO.ClH/c14-13-11-7-3-1-5-9(11)10-6-2-4-8-12(10)13;9-6-2-1-5-4-11-8(10)7(5)3-6;8-6-7-4-2-1-3-5-7;2*7-6-4-2-1-3-5-6;1-2-4-5-3-1;4-3-1-2-3;3-1-2-4;/h1-8,13H,14H2;1-3H,4,9H2;1-5H,6,8H2;6H,1-5,7H2;1-5H,7H2;1-4H;3H,1-2,4H2;4H,1-3H2;1H. The van der Waals surface area contributed by atoms with Crippen LogP contribution in [0, 0.1) is 0 Å². The molecule has 4 aliphatic rings. The van der Waals surface area contributed by atoms with E-state index in [1.807, 2.05) is 91.0 Å². The summed E-state index contributed by atoms with van der Waals surface area (Å²) < 4.78 is 9.37. The fraction of sp³-hybridized carbons (Fsp3) is 0.286. The quantitative estimate of drug-likeness (QED) is 0.0611. The van der Waals surface area contributed by atoms with E-state index < -0.39 is 0 Å². The van der Waals surface area contributed by atoms with Gasteiger partial charge in [-0.3, -0.25) is 0 Å². The minimum atomic E-state index is -0.271. The Labute approximate surface area is 368 Å². The largest absolute Gasteiger partial charge is 0.473 e. The third kappa shape index (κ3) is 20.5. The second kappa shape index (κ2) is 30.5. The van der Waals surface area contributed by atoms with Gasteiger partial charge in [-0.25, -0.2) is 4.79 Å². The lowest BCUT2D eigenvalue weighted by atomic mass is 9.97. The van der Waals surface area contributed by atoms with Crippen molar-refractivity contribution in [3.05, 3.63) is 180 Å². The van der Waals surface area contributed by atoms with Crippen LogP contribution in [-0.4, -0.2) is 36.3 Å². The summed E-state index contributed by atoms with van der Waals surface area (Å²) in [6, 6.07) is 46.3. The number of hydrogen-bond donors (Lipinski definition) is 8. The van der Waals surface area contributed by atoms with Gasteiger partial charge in [-0.2, -0.15) is 0 Å². The van der Waals surface area contributed by atoms with Crippen molar-refractivity contribution in [1.82, 2.24) is 0 Å². The molecule has 12 heteroatoms. The predicted octanol–water partition coefficient (Wildman–Crippen LogP) is 8.09. The lowest BCUT2D eigenvalue weighted by Gasteiger charge is -2.15. The maximum absolute atomic E-state index is 10.9. The third-order valence-corrected chi connectivity index (χ3v) is 9.30. The van der Waals surface area contributed by atoms with Gasteiger partial charge in [0, 0.05) is 42.1 Å². The van der Waals surface area contributed by atoms with Crippen LogP contribution in [0.4, 0.5) is 11.4 Å². The molecule has 5 aromatic carbocycles. The van der Waals surface area contributed by atoms with Crippen LogP contribution in [0.5, 0.6) is 0 Å². The number of rotatable bonds is 2. The molecule has 0 bridgehead atoms. The topological polar surface area (TPSA) is 242 Å². The average Bonchev–Trinajstić information content (AvgIpc) is 3.60. The van der Waals surface area contributed by atoms with Gasteiger partial charge in [-0.05, 0) is 89.9 Å². The molecule has 328 valence electrons. The number of hydrogen-bond acceptors (Lipinski definition) is 11. The molecule has 2 saturated carbocycles. The van der Waals surface area contributed by atoms with E-state index in [9.17, 15) is 4.79 Å². The van der Waals surface area contributed by atoms with Gasteiger partial charge < -0.3 is 54.4 Å². The molecule has 0 saturated heterocycles. The fourth-order valence-corrected chi connectivity index (χ4v) is 5.85. The molecule has 0 amide bonds. The number of cyclic esters (lactones) is 1. The number of aliphatic hydroxyl groups is 1. The smallest absolute Gasteiger partial charge is 0.338 e. The summed E-state index contributed by atoms with van der Waals surface area (Å²) in [5.74, 6) is -0.271. The number of anilines is 2. The van der Waals surface area contributed by atoms with Crippen LogP contribution >= 0.6 is 12.4 Å². The Morgan fingerprint density at radius 2 is 1.05 bits per heavy atom. The highest BCUT2D eigenvalue weighted by molar-refractivity contribution is 5.94. The molecular formula is C49H66ClN7O4. The zero-order chi connectivity index (χ0) is 43.4. The Morgan fingerprint density at radius 3 is 1.43 bits per heavy atom. The van der Waals surface area contributed by atoms with Crippen molar-refractivity contribution in [3.63, 3.8) is 0 Å². The highest BCUT2D eigenvalue weighted by atomic mass is 35.5. The molecule has 2 fully saturated rings. The maximum atomic E-state index is 10.9. The summed E-state index contributed by atoms with van der Waals surface area (Å²) in [6.07, 6.45) is 12.4. The van der Waals surface area contributed by atoms with Crippen molar-refractivity contribution in [2.75, 3.05) is 24.6 Å². The number of furan rings is 1. The van der Waals surface area contributed by atoms with E-state index >= 15 is 0 Å². The monoisotopic (exact) mass is 851 g/mol. The number of benzene rings is 5. The van der Waals surface area contributed by atoms with Gasteiger partial charge in [-0.15, -0.1) is 12.4 Å². The number of esters is 1. The van der Waals surface area contributed by atoms with E-state index in [0.29, 0.717) is 43.0 Å². The first kappa shape index (κ1) is 51.6. The van der Waals surface area contributed by atoms with Gasteiger partial charge in [-0.1, -0.05) is 122 Å². The van der Waals surface area contributed by atoms with Gasteiger partial charge in [0.1, 0.15) is 6.61 Å². The van der Waals surface area contributed by atoms with Gasteiger partial charge in [0.05, 0.1) is 30.7 Å². The molecule has 1 aromatic heterocycles. The SMILES string of the molecule is Cl.NC1CC1.NC1CCCCC1.NC1c2ccccc2-c2ccccc21.NCCO.NCc1ccccc1.Nc1ccc2c(c1)C(=O)OC2.Nc1ccccc1.c1ccoc1. The lowest BCUT2D eigenvalue weighted by Crippen LogP contribution is -2.22. The minimum absolute atomic E-state index is 0. The van der Waals surface area contributed by atoms with Crippen molar-refractivity contribution in [2.45, 2.75) is 76.2 Å². The van der Waals surface area contributed by atoms with E-state index in [2.05, 4.69) is 40.8 Å². The molecule has 3 aliphatic carbocycles. The molecular weight excluding hydrogens is 786 g/mol.